The van der Waals surface area contributed by atoms with Crippen molar-refractivity contribution in [3.63, 3.8) is 0 Å². The summed E-state index contributed by atoms with van der Waals surface area (Å²) >= 11 is 0. The summed E-state index contributed by atoms with van der Waals surface area (Å²) in [5.41, 5.74) is 5.56. The highest BCUT2D eigenvalue weighted by Gasteiger charge is 2.27. The normalized spacial score (nSPS) is 14.5. The summed E-state index contributed by atoms with van der Waals surface area (Å²) in [6, 6.07) is 22.7. The third-order valence-electron chi connectivity index (χ3n) is 6.38. The van der Waals surface area contributed by atoms with Gasteiger partial charge in [0.25, 0.3) is 0 Å². The monoisotopic (exact) mass is 439 g/mol. The summed E-state index contributed by atoms with van der Waals surface area (Å²) in [7, 11) is 0. The van der Waals surface area contributed by atoms with E-state index in [4.69, 9.17) is 4.98 Å². The second kappa shape index (κ2) is 9.45. The van der Waals surface area contributed by atoms with Crippen molar-refractivity contribution in [2.45, 2.75) is 32.9 Å². The minimum atomic E-state index is 0.0274. The molecule has 0 bridgehead atoms. The van der Waals surface area contributed by atoms with Crippen molar-refractivity contribution in [3.8, 4) is 0 Å². The second-order valence-corrected chi connectivity index (χ2v) is 8.78. The number of pyridine rings is 1. The third-order valence-corrected chi connectivity index (χ3v) is 6.38. The first-order valence-corrected chi connectivity index (χ1v) is 11.6. The number of imidazole rings is 1. The lowest BCUT2D eigenvalue weighted by Crippen LogP contribution is -2.41. The third kappa shape index (κ3) is 4.75. The lowest BCUT2D eigenvalue weighted by Gasteiger charge is -2.32. The largest absolute Gasteiger partial charge is 0.350 e. The van der Waals surface area contributed by atoms with Crippen LogP contribution in [0.25, 0.3) is 11.0 Å². The molecule has 3 heterocycles. The number of carbonyl (C=O) groups excluding carboxylic acids is 1. The number of benzene rings is 2. The number of carbonyl (C=O) groups is 1. The van der Waals surface area contributed by atoms with Gasteiger partial charge in [-0.2, -0.15) is 0 Å². The number of nitrogens with zero attached hydrogens (tertiary/aromatic N) is 4. The molecule has 1 fully saturated rings. The maximum atomic E-state index is 12.7. The molecule has 1 N–H and O–H groups in total. The molecule has 33 heavy (non-hydrogen) atoms. The molecule has 0 atom stereocenters. The highest BCUT2D eigenvalue weighted by Crippen LogP contribution is 2.28. The maximum Gasteiger partial charge on any atom is 0.223 e. The Morgan fingerprint density at radius 2 is 1.85 bits per heavy atom. The zero-order valence-corrected chi connectivity index (χ0v) is 18.9. The SMILES string of the molecule is Cc1cccc(Cn2c(N3CCC(C(=O)NCc4ccccn4)CC3)nc3ccccc32)c1. The van der Waals surface area contributed by atoms with Crippen molar-refractivity contribution < 1.29 is 4.79 Å². The molecule has 0 spiro atoms. The van der Waals surface area contributed by atoms with Gasteiger partial charge in [-0.3, -0.25) is 9.78 Å². The predicted molar refractivity (Wildman–Crippen MR) is 131 cm³/mol. The Morgan fingerprint density at radius 1 is 1.03 bits per heavy atom. The van der Waals surface area contributed by atoms with Crippen LogP contribution in [0.2, 0.25) is 0 Å². The van der Waals surface area contributed by atoms with E-state index < -0.39 is 0 Å². The average molecular weight is 440 g/mol. The van der Waals surface area contributed by atoms with Gasteiger partial charge >= 0.3 is 0 Å². The van der Waals surface area contributed by atoms with Crippen molar-refractivity contribution in [1.82, 2.24) is 19.9 Å². The van der Waals surface area contributed by atoms with Gasteiger partial charge < -0.3 is 14.8 Å². The molecule has 6 heteroatoms. The molecule has 168 valence electrons. The zero-order chi connectivity index (χ0) is 22.6. The number of hydrogen-bond donors (Lipinski definition) is 1. The van der Waals surface area contributed by atoms with E-state index in [1.54, 1.807) is 6.20 Å². The summed E-state index contributed by atoms with van der Waals surface area (Å²) in [6.45, 7) is 5.02. The molecule has 1 amide bonds. The van der Waals surface area contributed by atoms with Gasteiger partial charge in [0.2, 0.25) is 11.9 Å². The molecule has 0 aliphatic carbocycles. The molecule has 0 unspecified atom stereocenters. The van der Waals surface area contributed by atoms with E-state index >= 15 is 0 Å². The molecule has 1 saturated heterocycles. The van der Waals surface area contributed by atoms with Crippen LogP contribution in [0.4, 0.5) is 5.95 Å². The van der Waals surface area contributed by atoms with Gasteiger partial charge in [0.05, 0.1) is 29.8 Å². The molecule has 2 aromatic carbocycles. The Bertz CT molecular complexity index is 1240. The number of fused-ring (bicyclic) bond motifs is 1. The molecule has 1 aliphatic heterocycles. The van der Waals surface area contributed by atoms with Gasteiger partial charge in [-0.1, -0.05) is 48.0 Å². The molecule has 2 aromatic heterocycles. The van der Waals surface area contributed by atoms with Crippen LogP contribution >= 0.6 is 0 Å². The lowest BCUT2D eigenvalue weighted by molar-refractivity contribution is -0.125. The highest BCUT2D eigenvalue weighted by atomic mass is 16.1. The Hall–Kier alpha value is -3.67. The van der Waals surface area contributed by atoms with Crippen LogP contribution in [0.15, 0.2) is 72.9 Å². The number of aromatic nitrogens is 3. The van der Waals surface area contributed by atoms with E-state index in [-0.39, 0.29) is 11.8 Å². The van der Waals surface area contributed by atoms with Gasteiger partial charge in [0.1, 0.15) is 0 Å². The van der Waals surface area contributed by atoms with Crippen molar-refractivity contribution in [1.29, 1.82) is 0 Å². The van der Waals surface area contributed by atoms with Crippen LogP contribution in [0.5, 0.6) is 0 Å². The number of hydrogen-bond acceptors (Lipinski definition) is 4. The minimum Gasteiger partial charge on any atom is -0.350 e. The number of anilines is 1. The van der Waals surface area contributed by atoms with Gasteiger partial charge in [0, 0.05) is 25.2 Å². The fourth-order valence-corrected chi connectivity index (χ4v) is 4.62. The number of aryl methyl sites for hydroxylation is 1. The van der Waals surface area contributed by atoms with Crippen molar-refractivity contribution in [2.24, 2.45) is 5.92 Å². The molecule has 1 aliphatic rings. The lowest BCUT2D eigenvalue weighted by atomic mass is 9.96. The highest BCUT2D eigenvalue weighted by molar-refractivity contribution is 5.80. The standard InChI is InChI=1S/C27H29N5O/c1-20-7-6-8-21(17-20)19-32-25-11-3-2-10-24(25)30-27(32)31-15-12-22(13-16-31)26(33)29-18-23-9-4-5-14-28-23/h2-11,14,17,22H,12-13,15-16,18-19H2,1H3,(H,29,33). The van der Waals surface area contributed by atoms with Crippen LogP contribution in [0.3, 0.4) is 0 Å². The van der Waals surface area contributed by atoms with Crippen LogP contribution in [0, 0.1) is 12.8 Å². The van der Waals surface area contributed by atoms with Gasteiger partial charge in [0.15, 0.2) is 0 Å². The topological polar surface area (TPSA) is 63.1 Å². The van der Waals surface area contributed by atoms with E-state index in [1.807, 2.05) is 24.3 Å². The van der Waals surface area contributed by atoms with Crippen molar-refractivity contribution in [2.75, 3.05) is 18.0 Å². The van der Waals surface area contributed by atoms with Crippen LogP contribution < -0.4 is 10.2 Å². The summed E-state index contributed by atoms with van der Waals surface area (Å²) < 4.78 is 2.31. The zero-order valence-electron chi connectivity index (χ0n) is 18.9. The summed E-state index contributed by atoms with van der Waals surface area (Å²) in [4.78, 5) is 24.3. The fourth-order valence-electron chi connectivity index (χ4n) is 4.62. The summed E-state index contributed by atoms with van der Waals surface area (Å²) in [5.74, 6) is 1.14. The molecule has 0 saturated carbocycles. The van der Waals surface area contributed by atoms with E-state index in [0.717, 1.165) is 55.2 Å². The minimum absolute atomic E-state index is 0.0274. The van der Waals surface area contributed by atoms with Crippen LogP contribution in [-0.2, 0) is 17.9 Å². The molecule has 5 rings (SSSR count). The van der Waals surface area contributed by atoms with Gasteiger partial charge in [-0.05, 0) is 49.6 Å². The predicted octanol–water partition coefficient (Wildman–Crippen LogP) is 4.32. The Labute approximate surface area is 194 Å². The van der Waals surface area contributed by atoms with Crippen molar-refractivity contribution >= 4 is 22.9 Å². The molecule has 6 nitrogen and oxygen atoms in total. The summed E-state index contributed by atoms with van der Waals surface area (Å²) in [5, 5.41) is 3.05. The van der Waals surface area contributed by atoms with Gasteiger partial charge in [-0.15, -0.1) is 0 Å². The van der Waals surface area contributed by atoms with E-state index in [2.05, 4.69) is 69.2 Å². The van der Waals surface area contributed by atoms with E-state index in [1.165, 1.54) is 11.1 Å². The Morgan fingerprint density at radius 3 is 2.64 bits per heavy atom. The molecular weight excluding hydrogens is 410 g/mol. The first-order chi connectivity index (χ1) is 16.2. The Balaban J connectivity index is 1.29. The Kier molecular flexibility index (Phi) is 6.07. The first kappa shape index (κ1) is 21.2. The number of amides is 1. The molecule has 4 aromatic rings. The van der Waals surface area contributed by atoms with Gasteiger partial charge in [-0.25, -0.2) is 4.98 Å². The van der Waals surface area contributed by atoms with Crippen LogP contribution in [-0.4, -0.2) is 33.5 Å². The average Bonchev–Trinajstić information content (AvgIpc) is 3.21. The maximum absolute atomic E-state index is 12.7. The van der Waals surface area contributed by atoms with Crippen molar-refractivity contribution in [3.05, 3.63) is 89.7 Å². The number of para-hydroxylation sites is 2. The molecule has 0 radical (unpaired) electrons. The molecular formula is C27H29N5O. The smallest absolute Gasteiger partial charge is 0.223 e. The number of rotatable bonds is 6. The second-order valence-electron chi connectivity index (χ2n) is 8.78. The number of piperidine rings is 1. The summed E-state index contributed by atoms with van der Waals surface area (Å²) in [6.07, 6.45) is 3.40. The fraction of sp³-hybridized carbons (Fsp3) is 0.296. The first-order valence-electron chi connectivity index (χ1n) is 11.6. The quantitative estimate of drug-likeness (QED) is 0.486. The number of nitrogens with one attached hydrogen (secondary N) is 1. The van der Waals surface area contributed by atoms with E-state index in [0.29, 0.717) is 6.54 Å². The van der Waals surface area contributed by atoms with Crippen LogP contribution in [0.1, 0.15) is 29.7 Å². The van der Waals surface area contributed by atoms with E-state index in [9.17, 15) is 4.79 Å².